The molecule has 2 fully saturated rings. The Kier molecular flexibility index (Phi) is 6.22. The van der Waals surface area contributed by atoms with Crippen molar-refractivity contribution in [2.75, 3.05) is 32.8 Å². The van der Waals surface area contributed by atoms with Crippen LogP contribution in [0.5, 0.6) is 17.2 Å². The molecule has 0 aromatic heterocycles. The van der Waals surface area contributed by atoms with Gasteiger partial charge in [-0.05, 0) is 44.2 Å². The number of esters is 1. The topological polar surface area (TPSA) is 103 Å². The maximum absolute atomic E-state index is 13.7. The van der Waals surface area contributed by atoms with E-state index in [1.807, 2.05) is 0 Å². The number of anilines is 1. The minimum atomic E-state index is -1.41. The monoisotopic (exact) mass is 468 g/mol. The third-order valence-corrected chi connectivity index (χ3v) is 6.59. The van der Waals surface area contributed by atoms with Crippen molar-refractivity contribution in [1.82, 2.24) is 5.32 Å². The Balaban J connectivity index is 1.82. The second kappa shape index (κ2) is 8.98. The minimum Gasteiger partial charge on any atom is -0.497 e. The number of methoxy groups -OCH3 is 3. The average Bonchev–Trinajstić information content (AvgIpc) is 3.32. The van der Waals surface area contributed by atoms with Crippen LogP contribution in [0.2, 0.25) is 0 Å². The first kappa shape index (κ1) is 23.6. The van der Waals surface area contributed by atoms with Gasteiger partial charge in [-0.15, -0.1) is 0 Å². The highest BCUT2D eigenvalue weighted by molar-refractivity contribution is 6.24. The Morgan fingerprint density at radius 3 is 2.21 bits per heavy atom. The number of ether oxygens (including phenoxy) is 4. The molecule has 0 spiro atoms. The number of amides is 2. The zero-order chi connectivity index (χ0) is 24.6. The molecule has 2 aliphatic rings. The molecule has 0 radical (unpaired) electrons. The van der Waals surface area contributed by atoms with Crippen LogP contribution < -0.4 is 24.4 Å². The van der Waals surface area contributed by atoms with E-state index in [0.29, 0.717) is 28.5 Å². The molecule has 1 N–H and O–H groups in total. The molecule has 2 heterocycles. The molecule has 0 aliphatic carbocycles. The number of hydrogen-bond acceptors (Lipinski definition) is 8. The summed E-state index contributed by atoms with van der Waals surface area (Å²) in [6.45, 7) is 3.46. The predicted molar refractivity (Wildman–Crippen MR) is 123 cm³/mol. The van der Waals surface area contributed by atoms with Crippen LogP contribution in [-0.4, -0.2) is 51.3 Å². The molecule has 9 heteroatoms. The number of nitrogens with one attached hydrogen (secondary N) is 1. The van der Waals surface area contributed by atoms with Crippen molar-refractivity contribution in [3.63, 3.8) is 0 Å². The fraction of sp³-hybridized carbons (Fsp3) is 0.400. The van der Waals surface area contributed by atoms with Gasteiger partial charge in [0.1, 0.15) is 22.8 Å². The Hall–Kier alpha value is -3.59. The van der Waals surface area contributed by atoms with Crippen LogP contribution in [0.25, 0.3) is 0 Å². The standard InChI is InChI=1S/C25H28N2O7/c1-6-34-24(30)25(2)20-19(21(26-25)17-12-11-16(32-4)13-18(17)33-5)22(28)27(23(20)29)14-7-9-15(31-3)10-8-14/h7-13,19-21,26H,6H2,1-5H3/t19-,20+,21-,25-/m0/s1. The maximum atomic E-state index is 13.7. The van der Waals surface area contributed by atoms with Crippen molar-refractivity contribution in [3.8, 4) is 17.2 Å². The quantitative estimate of drug-likeness (QED) is 0.488. The van der Waals surface area contributed by atoms with Crippen molar-refractivity contribution in [1.29, 1.82) is 0 Å². The molecule has 2 saturated heterocycles. The zero-order valence-electron chi connectivity index (χ0n) is 19.8. The highest BCUT2D eigenvalue weighted by atomic mass is 16.5. The van der Waals surface area contributed by atoms with Gasteiger partial charge in [-0.3, -0.25) is 19.7 Å². The summed E-state index contributed by atoms with van der Waals surface area (Å²) in [5, 5.41) is 3.25. The normalized spacial score (nSPS) is 25.8. The SMILES string of the molecule is CCOC(=O)[C@@]1(C)N[C@@H](c2ccc(OC)cc2OC)[C@H]2C(=O)N(c3ccc(OC)cc3)C(=O)[C@@H]21. The number of benzene rings is 2. The van der Waals surface area contributed by atoms with Gasteiger partial charge < -0.3 is 18.9 Å². The molecule has 2 amide bonds. The number of carbonyl (C=O) groups is 3. The summed E-state index contributed by atoms with van der Waals surface area (Å²) in [5.41, 5.74) is -0.356. The molecule has 2 aliphatic heterocycles. The predicted octanol–water partition coefficient (Wildman–Crippen LogP) is 2.48. The molecule has 9 nitrogen and oxygen atoms in total. The lowest BCUT2D eigenvalue weighted by molar-refractivity contribution is -0.153. The van der Waals surface area contributed by atoms with E-state index in [9.17, 15) is 14.4 Å². The van der Waals surface area contributed by atoms with Crippen LogP contribution >= 0.6 is 0 Å². The smallest absolute Gasteiger partial charge is 0.326 e. The molecule has 180 valence electrons. The summed E-state index contributed by atoms with van der Waals surface area (Å²) in [6, 6.07) is 11.2. The molecule has 2 aromatic carbocycles. The zero-order valence-corrected chi connectivity index (χ0v) is 19.8. The van der Waals surface area contributed by atoms with Crippen molar-refractivity contribution in [2.45, 2.75) is 25.4 Å². The van der Waals surface area contributed by atoms with Crippen molar-refractivity contribution in [3.05, 3.63) is 48.0 Å². The number of fused-ring (bicyclic) bond motifs is 1. The van der Waals surface area contributed by atoms with Crippen LogP contribution in [0.4, 0.5) is 5.69 Å². The maximum Gasteiger partial charge on any atom is 0.326 e. The molecule has 4 atom stereocenters. The van der Waals surface area contributed by atoms with Crippen molar-refractivity contribution >= 4 is 23.5 Å². The number of imide groups is 1. The fourth-order valence-corrected chi connectivity index (χ4v) is 4.94. The average molecular weight is 469 g/mol. The minimum absolute atomic E-state index is 0.147. The van der Waals surface area contributed by atoms with Gasteiger partial charge in [0.05, 0.1) is 45.5 Å². The number of nitrogens with zero attached hydrogens (tertiary/aromatic N) is 1. The van der Waals surface area contributed by atoms with Gasteiger partial charge in [-0.1, -0.05) is 6.07 Å². The summed E-state index contributed by atoms with van der Waals surface area (Å²) in [7, 11) is 4.59. The fourth-order valence-electron chi connectivity index (χ4n) is 4.94. The van der Waals surface area contributed by atoms with E-state index in [4.69, 9.17) is 18.9 Å². The van der Waals surface area contributed by atoms with Gasteiger partial charge in [0, 0.05) is 17.7 Å². The molecule has 2 aromatic rings. The van der Waals surface area contributed by atoms with E-state index in [0.717, 1.165) is 4.90 Å². The van der Waals surface area contributed by atoms with Crippen molar-refractivity contribution in [2.24, 2.45) is 11.8 Å². The van der Waals surface area contributed by atoms with E-state index in [-0.39, 0.29) is 6.61 Å². The Morgan fingerprint density at radius 1 is 0.971 bits per heavy atom. The molecular formula is C25H28N2O7. The third-order valence-electron chi connectivity index (χ3n) is 6.59. The van der Waals surface area contributed by atoms with E-state index < -0.39 is 41.2 Å². The largest absolute Gasteiger partial charge is 0.497 e. The molecule has 4 rings (SSSR count). The molecule has 0 saturated carbocycles. The summed E-state index contributed by atoms with van der Waals surface area (Å²) in [5.74, 6) is -1.59. The molecule has 34 heavy (non-hydrogen) atoms. The third kappa shape index (κ3) is 3.56. The van der Waals surface area contributed by atoms with Crippen LogP contribution in [0.3, 0.4) is 0 Å². The first-order valence-corrected chi connectivity index (χ1v) is 11.0. The second-order valence-electron chi connectivity index (χ2n) is 8.37. The molecule has 0 bridgehead atoms. The van der Waals surface area contributed by atoms with Gasteiger partial charge in [0.25, 0.3) is 0 Å². The lowest BCUT2D eigenvalue weighted by Crippen LogP contribution is -2.54. The first-order chi connectivity index (χ1) is 16.3. The van der Waals surface area contributed by atoms with E-state index in [1.165, 1.54) is 14.2 Å². The Morgan fingerprint density at radius 2 is 1.62 bits per heavy atom. The van der Waals surface area contributed by atoms with Crippen LogP contribution in [0, 0.1) is 11.8 Å². The van der Waals surface area contributed by atoms with Crippen LogP contribution in [0.1, 0.15) is 25.5 Å². The molecular weight excluding hydrogens is 440 g/mol. The second-order valence-corrected chi connectivity index (χ2v) is 8.37. The van der Waals surface area contributed by atoms with Crippen molar-refractivity contribution < 1.29 is 33.3 Å². The number of hydrogen-bond donors (Lipinski definition) is 1. The van der Waals surface area contributed by atoms with Gasteiger partial charge in [0.15, 0.2) is 0 Å². The van der Waals surface area contributed by atoms with Gasteiger partial charge in [-0.25, -0.2) is 4.90 Å². The Labute approximate surface area is 197 Å². The number of carbonyl (C=O) groups excluding carboxylic acids is 3. The first-order valence-electron chi connectivity index (χ1n) is 11.0. The summed E-state index contributed by atoms with van der Waals surface area (Å²) >= 11 is 0. The van der Waals surface area contributed by atoms with E-state index in [1.54, 1.807) is 63.4 Å². The lowest BCUT2D eigenvalue weighted by Gasteiger charge is -2.29. The van der Waals surface area contributed by atoms with Gasteiger partial charge in [-0.2, -0.15) is 0 Å². The summed E-state index contributed by atoms with van der Waals surface area (Å²) < 4.78 is 21.4. The van der Waals surface area contributed by atoms with Gasteiger partial charge >= 0.3 is 5.97 Å². The highest BCUT2D eigenvalue weighted by Crippen LogP contribution is 2.51. The molecule has 0 unspecified atom stereocenters. The summed E-state index contributed by atoms with van der Waals surface area (Å²) in [4.78, 5) is 41.7. The number of rotatable bonds is 7. The van der Waals surface area contributed by atoms with Crippen LogP contribution in [-0.2, 0) is 19.1 Å². The van der Waals surface area contributed by atoms with E-state index in [2.05, 4.69) is 5.32 Å². The van der Waals surface area contributed by atoms with E-state index >= 15 is 0 Å². The Bertz CT molecular complexity index is 1120. The lowest BCUT2D eigenvalue weighted by atomic mass is 9.80. The summed E-state index contributed by atoms with van der Waals surface area (Å²) in [6.07, 6.45) is 0. The van der Waals surface area contributed by atoms with Crippen LogP contribution in [0.15, 0.2) is 42.5 Å². The van der Waals surface area contributed by atoms with Gasteiger partial charge in [0.2, 0.25) is 11.8 Å². The highest BCUT2D eigenvalue weighted by Gasteiger charge is 2.67.